The molecule has 1 fully saturated rings. The highest BCUT2D eigenvalue weighted by Crippen LogP contribution is 2.28. The number of nitrogens with zero attached hydrogens (tertiary/aromatic N) is 1. The summed E-state index contributed by atoms with van der Waals surface area (Å²) in [6.07, 6.45) is 1.84. The van der Waals surface area contributed by atoms with Crippen molar-refractivity contribution in [3.8, 4) is 0 Å². The Hall–Kier alpha value is -2.40. The summed E-state index contributed by atoms with van der Waals surface area (Å²) in [4.78, 5) is 17.0. The van der Waals surface area contributed by atoms with Crippen molar-refractivity contribution in [3.05, 3.63) is 70.4 Å². The lowest BCUT2D eigenvalue weighted by Gasteiger charge is -2.04. The van der Waals surface area contributed by atoms with E-state index in [1.807, 2.05) is 18.2 Å². The minimum absolute atomic E-state index is 0.172. The van der Waals surface area contributed by atoms with Crippen LogP contribution in [0.2, 0.25) is 0 Å². The fraction of sp³-hybridized carbons (Fsp3) is 0.158. The summed E-state index contributed by atoms with van der Waals surface area (Å²) in [6.45, 7) is 4.29. The van der Waals surface area contributed by atoms with Crippen molar-refractivity contribution in [1.29, 1.82) is 0 Å². The molecule has 1 aliphatic rings. The van der Waals surface area contributed by atoms with Crippen molar-refractivity contribution in [2.45, 2.75) is 19.8 Å². The van der Waals surface area contributed by atoms with Crippen LogP contribution >= 0.6 is 11.8 Å². The number of amides is 1. The minimum Gasteiger partial charge on any atom is -0.300 e. The highest BCUT2D eigenvalue weighted by Gasteiger charge is 2.23. The Morgan fingerprint density at radius 2 is 1.75 bits per heavy atom. The molecule has 5 heteroatoms. The number of aliphatic imine (C=N–C) groups is 1. The summed E-state index contributed by atoms with van der Waals surface area (Å²) >= 11 is 1.28. The van der Waals surface area contributed by atoms with Crippen molar-refractivity contribution in [1.82, 2.24) is 5.32 Å². The quantitative estimate of drug-likeness (QED) is 0.812. The van der Waals surface area contributed by atoms with Crippen LogP contribution in [0.1, 0.15) is 30.9 Å². The van der Waals surface area contributed by atoms with E-state index in [0.717, 1.165) is 5.56 Å². The zero-order valence-electron chi connectivity index (χ0n) is 13.4. The maximum absolute atomic E-state index is 12.9. The summed E-state index contributed by atoms with van der Waals surface area (Å²) in [5.74, 6) is -0.00779. The Kier molecular flexibility index (Phi) is 4.81. The molecule has 0 aliphatic carbocycles. The predicted molar refractivity (Wildman–Crippen MR) is 97.7 cm³/mol. The third-order valence-electron chi connectivity index (χ3n) is 3.61. The molecule has 122 valence electrons. The van der Waals surface area contributed by atoms with Crippen LogP contribution in [0.15, 0.2) is 58.4 Å². The summed E-state index contributed by atoms with van der Waals surface area (Å²) in [6, 6.07) is 14.0. The van der Waals surface area contributed by atoms with E-state index in [0.29, 0.717) is 21.7 Å². The summed E-state index contributed by atoms with van der Waals surface area (Å²) in [7, 11) is 0. The molecule has 0 aromatic heterocycles. The Balaban J connectivity index is 1.77. The normalized spacial score (nSPS) is 17.8. The van der Waals surface area contributed by atoms with Crippen molar-refractivity contribution >= 4 is 34.6 Å². The van der Waals surface area contributed by atoms with Crippen LogP contribution in [0.4, 0.5) is 10.1 Å². The van der Waals surface area contributed by atoms with E-state index in [-0.39, 0.29) is 11.7 Å². The van der Waals surface area contributed by atoms with Gasteiger partial charge in [-0.25, -0.2) is 9.38 Å². The molecule has 0 atom stereocenters. The van der Waals surface area contributed by atoms with Gasteiger partial charge in [0.25, 0.3) is 5.91 Å². The molecule has 0 bridgehead atoms. The standard InChI is InChI=1S/C19H17FN2OS/c1-12(2)14-5-3-13(4-6-14)11-17-18(23)22-19(24-17)21-16-9-7-15(20)8-10-16/h3-12H,1-2H3,(H,21,22,23). The number of carbonyl (C=O) groups is 1. The molecule has 3 rings (SSSR count). The first-order valence-electron chi connectivity index (χ1n) is 7.66. The van der Waals surface area contributed by atoms with Crippen LogP contribution in [0.5, 0.6) is 0 Å². The number of amidine groups is 1. The SMILES string of the molecule is CC(C)c1ccc(C=C2SC(=Nc3ccc(F)cc3)NC2=O)cc1. The zero-order chi connectivity index (χ0) is 17.1. The number of benzene rings is 2. The molecule has 2 aromatic carbocycles. The number of halogens is 1. The lowest BCUT2D eigenvalue weighted by Crippen LogP contribution is -2.19. The number of hydrogen-bond acceptors (Lipinski definition) is 3. The molecular weight excluding hydrogens is 323 g/mol. The van der Waals surface area contributed by atoms with Gasteiger partial charge in [-0.1, -0.05) is 38.1 Å². The topological polar surface area (TPSA) is 41.5 Å². The average Bonchev–Trinajstić information content (AvgIpc) is 2.89. The Morgan fingerprint density at radius 3 is 2.38 bits per heavy atom. The average molecular weight is 340 g/mol. The van der Waals surface area contributed by atoms with Crippen LogP contribution in [-0.4, -0.2) is 11.1 Å². The van der Waals surface area contributed by atoms with Gasteiger partial charge in [0.05, 0.1) is 10.6 Å². The third-order valence-corrected chi connectivity index (χ3v) is 4.52. The van der Waals surface area contributed by atoms with Crippen LogP contribution in [0.25, 0.3) is 6.08 Å². The maximum atomic E-state index is 12.9. The molecule has 2 aromatic rings. The smallest absolute Gasteiger partial charge is 0.264 e. The Bertz CT molecular complexity index is 808. The zero-order valence-corrected chi connectivity index (χ0v) is 14.2. The molecule has 1 N–H and O–H groups in total. The number of carbonyl (C=O) groups excluding carboxylic acids is 1. The van der Waals surface area contributed by atoms with E-state index in [9.17, 15) is 9.18 Å². The monoisotopic (exact) mass is 340 g/mol. The van der Waals surface area contributed by atoms with Gasteiger partial charge < -0.3 is 5.32 Å². The minimum atomic E-state index is -0.313. The lowest BCUT2D eigenvalue weighted by molar-refractivity contribution is -0.115. The molecule has 0 radical (unpaired) electrons. The fourth-order valence-electron chi connectivity index (χ4n) is 2.24. The molecule has 0 saturated carbocycles. The summed E-state index contributed by atoms with van der Waals surface area (Å²) < 4.78 is 12.9. The summed E-state index contributed by atoms with van der Waals surface area (Å²) in [5, 5.41) is 3.23. The first-order chi connectivity index (χ1) is 11.5. The van der Waals surface area contributed by atoms with Gasteiger partial charge in [-0.15, -0.1) is 0 Å². The highest BCUT2D eigenvalue weighted by molar-refractivity contribution is 8.18. The first kappa shape index (κ1) is 16.5. The first-order valence-corrected chi connectivity index (χ1v) is 8.48. The third kappa shape index (κ3) is 3.92. The molecule has 1 heterocycles. The predicted octanol–water partition coefficient (Wildman–Crippen LogP) is 4.84. The van der Waals surface area contributed by atoms with E-state index < -0.39 is 0 Å². The number of rotatable bonds is 3. The van der Waals surface area contributed by atoms with Crippen LogP contribution in [0.3, 0.4) is 0 Å². The van der Waals surface area contributed by atoms with E-state index >= 15 is 0 Å². The number of hydrogen-bond donors (Lipinski definition) is 1. The fourth-order valence-corrected chi connectivity index (χ4v) is 3.08. The molecule has 1 saturated heterocycles. The van der Waals surface area contributed by atoms with Gasteiger partial charge in [0, 0.05) is 0 Å². The van der Waals surface area contributed by atoms with Gasteiger partial charge >= 0.3 is 0 Å². The van der Waals surface area contributed by atoms with Crippen molar-refractivity contribution in [2.75, 3.05) is 0 Å². The van der Waals surface area contributed by atoms with Crippen LogP contribution in [0, 0.1) is 5.82 Å². The van der Waals surface area contributed by atoms with Crippen LogP contribution < -0.4 is 5.32 Å². The molecule has 24 heavy (non-hydrogen) atoms. The number of nitrogens with one attached hydrogen (secondary N) is 1. The van der Waals surface area contributed by atoms with Gasteiger partial charge in [-0.05, 0) is 59.1 Å². The molecular formula is C19H17FN2OS. The van der Waals surface area contributed by atoms with Crippen molar-refractivity contribution in [3.63, 3.8) is 0 Å². The van der Waals surface area contributed by atoms with E-state index in [1.54, 1.807) is 12.1 Å². The van der Waals surface area contributed by atoms with Gasteiger partial charge in [-0.3, -0.25) is 4.79 Å². The Labute approximate surface area is 144 Å². The van der Waals surface area contributed by atoms with Crippen LogP contribution in [-0.2, 0) is 4.79 Å². The van der Waals surface area contributed by atoms with Gasteiger partial charge in [0.15, 0.2) is 5.17 Å². The second-order valence-electron chi connectivity index (χ2n) is 5.78. The van der Waals surface area contributed by atoms with E-state index in [2.05, 4.69) is 36.3 Å². The van der Waals surface area contributed by atoms with E-state index in [1.165, 1.54) is 29.5 Å². The Morgan fingerprint density at radius 1 is 1.08 bits per heavy atom. The highest BCUT2D eigenvalue weighted by atomic mass is 32.2. The largest absolute Gasteiger partial charge is 0.300 e. The molecule has 0 unspecified atom stereocenters. The van der Waals surface area contributed by atoms with E-state index in [4.69, 9.17) is 0 Å². The van der Waals surface area contributed by atoms with Gasteiger partial charge in [0.2, 0.25) is 0 Å². The molecule has 3 nitrogen and oxygen atoms in total. The van der Waals surface area contributed by atoms with Gasteiger partial charge in [-0.2, -0.15) is 0 Å². The second kappa shape index (κ2) is 7.01. The van der Waals surface area contributed by atoms with Crippen molar-refractivity contribution in [2.24, 2.45) is 4.99 Å². The maximum Gasteiger partial charge on any atom is 0.264 e. The lowest BCUT2D eigenvalue weighted by atomic mass is 10.0. The second-order valence-corrected chi connectivity index (χ2v) is 6.81. The molecule has 1 aliphatic heterocycles. The summed E-state index contributed by atoms with van der Waals surface area (Å²) in [5.41, 5.74) is 2.83. The number of thioether (sulfide) groups is 1. The van der Waals surface area contributed by atoms with Gasteiger partial charge in [0.1, 0.15) is 5.82 Å². The van der Waals surface area contributed by atoms with Crippen molar-refractivity contribution < 1.29 is 9.18 Å². The molecule has 1 amide bonds. The molecule has 0 spiro atoms.